The second-order valence-electron chi connectivity index (χ2n) is 4.85. The predicted octanol–water partition coefficient (Wildman–Crippen LogP) is 3.90. The number of thiocarbonyl (C=S) groups is 1. The predicted molar refractivity (Wildman–Crippen MR) is 104 cm³/mol. The molecule has 2 N–H and O–H groups in total. The Hall–Kier alpha value is -2.37. The number of nitrogens with zero attached hydrogens (tertiary/aromatic N) is 1. The van der Waals surface area contributed by atoms with Gasteiger partial charge < -0.3 is 10.1 Å². The molecule has 124 valence electrons. The summed E-state index contributed by atoms with van der Waals surface area (Å²) in [5, 5.41) is 8.15. The Balaban J connectivity index is 1.80. The average Bonchev–Trinajstić information content (AvgIpc) is 2.60. The van der Waals surface area contributed by atoms with E-state index >= 15 is 0 Å². The van der Waals surface area contributed by atoms with E-state index in [0.29, 0.717) is 18.3 Å². The molecule has 0 atom stereocenters. The van der Waals surface area contributed by atoms with Gasteiger partial charge in [-0.1, -0.05) is 29.8 Å². The van der Waals surface area contributed by atoms with Crippen LogP contribution < -0.4 is 15.5 Å². The monoisotopic (exact) mass is 359 g/mol. The summed E-state index contributed by atoms with van der Waals surface area (Å²) in [5.74, 6) is 0.790. The molecule has 0 saturated heterocycles. The lowest BCUT2D eigenvalue weighted by molar-refractivity contribution is 0.306. The van der Waals surface area contributed by atoms with E-state index in [-0.39, 0.29) is 0 Å². The molecule has 0 aromatic heterocycles. The first-order chi connectivity index (χ1) is 11.7. The first-order valence-corrected chi connectivity index (χ1v) is 8.11. The second-order valence-corrected chi connectivity index (χ2v) is 5.70. The van der Waals surface area contributed by atoms with E-state index in [9.17, 15) is 0 Å². The first-order valence-electron chi connectivity index (χ1n) is 7.32. The summed E-state index contributed by atoms with van der Waals surface area (Å²) in [7, 11) is 0. The molecule has 24 heavy (non-hydrogen) atoms. The van der Waals surface area contributed by atoms with Crippen molar-refractivity contribution in [3.63, 3.8) is 0 Å². The summed E-state index contributed by atoms with van der Waals surface area (Å²) in [6.07, 6.45) is 3.41. The summed E-state index contributed by atoms with van der Waals surface area (Å²) in [6, 6.07) is 15.2. The first kappa shape index (κ1) is 18.0. The van der Waals surface area contributed by atoms with E-state index < -0.39 is 0 Å². The molecular formula is C18H18ClN3OS. The number of nitrogens with one attached hydrogen (secondary N) is 2. The average molecular weight is 360 g/mol. The van der Waals surface area contributed by atoms with Crippen LogP contribution in [0.5, 0.6) is 5.75 Å². The lowest BCUT2D eigenvalue weighted by Crippen LogP contribution is -2.31. The highest BCUT2D eigenvalue weighted by Gasteiger charge is 1.97. The van der Waals surface area contributed by atoms with Gasteiger partial charge in [-0.25, -0.2) is 0 Å². The highest BCUT2D eigenvalue weighted by molar-refractivity contribution is 7.80. The molecule has 0 fully saturated rings. The highest BCUT2D eigenvalue weighted by Crippen LogP contribution is 2.15. The Morgan fingerprint density at radius 3 is 2.54 bits per heavy atom. The van der Waals surface area contributed by atoms with Crippen molar-refractivity contribution in [2.75, 3.05) is 6.54 Å². The number of hydrogen-bond donors (Lipinski definition) is 2. The van der Waals surface area contributed by atoms with Gasteiger partial charge in [0.2, 0.25) is 0 Å². The molecule has 2 aromatic carbocycles. The number of hydrazone groups is 1. The molecular weight excluding hydrogens is 342 g/mol. The third-order valence-electron chi connectivity index (χ3n) is 2.99. The van der Waals surface area contributed by atoms with Crippen molar-refractivity contribution in [1.29, 1.82) is 0 Å². The molecule has 0 heterocycles. The molecule has 0 aliphatic heterocycles. The van der Waals surface area contributed by atoms with Gasteiger partial charge in [-0.3, -0.25) is 5.43 Å². The molecule has 0 aliphatic carbocycles. The lowest BCUT2D eigenvalue weighted by atomic mass is 10.2. The van der Waals surface area contributed by atoms with Crippen molar-refractivity contribution >= 4 is 35.1 Å². The number of hydrogen-bond acceptors (Lipinski definition) is 3. The van der Waals surface area contributed by atoms with Crippen molar-refractivity contribution < 1.29 is 4.74 Å². The van der Waals surface area contributed by atoms with Gasteiger partial charge in [0.05, 0.1) is 6.21 Å². The lowest BCUT2D eigenvalue weighted by Gasteiger charge is -2.07. The third kappa shape index (κ3) is 6.40. The maximum absolute atomic E-state index is 5.86. The number of benzene rings is 2. The van der Waals surface area contributed by atoms with Crippen LogP contribution in [-0.2, 0) is 6.61 Å². The summed E-state index contributed by atoms with van der Waals surface area (Å²) >= 11 is 10.9. The molecule has 0 spiro atoms. The molecule has 6 heteroatoms. The van der Waals surface area contributed by atoms with E-state index in [2.05, 4.69) is 22.4 Å². The highest BCUT2D eigenvalue weighted by atomic mass is 35.5. The van der Waals surface area contributed by atoms with Crippen LogP contribution >= 0.6 is 23.8 Å². The minimum atomic E-state index is 0.453. The number of ether oxygens (including phenoxy) is 1. The normalized spacial score (nSPS) is 10.4. The maximum Gasteiger partial charge on any atom is 0.187 e. The summed E-state index contributed by atoms with van der Waals surface area (Å²) in [6.45, 7) is 4.69. The second kappa shape index (κ2) is 9.70. The molecule has 2 rings (SSSR count). The zero-order valence-corrected chi connectivity index (χ0v) is 14.6. The Bertz CT molecular complexity index is 699. The van der Waals surface area contributed by atoms with Crippen molar-refractivity contribution in [3.05, 3.63) is 77.3 Å². The van der Waals surface area contributed by atoms with Crippen LogP contribution in [0.3, 0.4) is 0 Å². The van der Waals surface area contributed by atoms with E-state index in [4.69, 9.17) is 28.6 Å². The van der Waals surface area contributed by atoms with Gasteiger partial charge in [0, 0.05) is 11.6 Å². The smallest absolute Gasteiger partial charge is 0.187 e. The van der Waals surface area contributed by atoms with Gasteiger partial charge in [-0.2, -0.15) is 5.10 Å². The van der Waals surface area contributed by atoms with Crippen LogP contribution in [0.1, 0.15) is 11.1 Å². The fraction of sp³-hybridized carbons (Fsp3) is 0.111. The number of halogens is 1. The van der Waals surface area contributed by atoms with E-state index in [1.807, 2.05) is 48.5 Å². The fourth-order valence-corrected chi connectivity index (χ4v) is 2.03. The minimum Gasteiger partial charge on any atom is -0.489 e. The molecule has 0 amide bonds. The standard InChI is InChI=1S/C18H18ClN3OS/c1-2-11-20-18(24)22-21-12-14-5-9-17(10-6-14)23-13-15-3-7-16(19)8-4-15/h2-10,12H,1,11,13H2,(H2,20,22,24)/b21-12-. The molecule has 0 saturated carbocycles. The summed E-state index contributed by atoms with van der Waals surface area (Å²) in [4.78, 5) is 0. The Morgan fingerprint density at radius 2 is 1.88 bits per heavy atom. The molecule has 0 unspecified atom stereocenters. The maximum atomic E-state index is 5.86. The molecule has 0 bridgehead atoms. The van der Waals surface area contributed by atoms with E-state index in [1.165, 1.54) is 0 Å². The minimum absolute atomic E-state index is 0.453. The van der Waals surface area contributed by atoms with Gasteiger partial charge in [0.1, 0.15) is 12.4 Å². The van der Waals surface area contributed by atoms with Crippen molar-refractivity contribution in [2.24, 2.45) is 5.10 Å². The van der Waals surface area contributed by atoms with Crippen LogP contribution in [0.2, 0.25) is 5.02 Å². The van der Waals surface area contributed by atoms with E-state index in [0.717, 1.165) is 21.9 Å². The zero-order valence-electron chi connectivity index (χ0n) is 13.0. The van der Waals surface area contributed by atoms with Crippen molar-refractivity contribution in [2.45, 2.75) is 6.61 Å². The Morgan fingerprint density at radius 1 is 1.17 bits per heavy atom. The SMILES string of the molecule is C=CCNC(=S)N/N=C\c1ccc(OCc2ccc(Cl)cc2)cc1. The van der Waals surface area contributed by atoms with Gasteiger partial charge in [-0.05, 0) is 59.7 Å². The summed E-state index contributed by atoms with van der Waals surface area (Å²) < 4.78 is 5.73. The molecule has 0 aliphatic rings. The van der Waals surface area contributed by atoms with Gasteiger partial charge in [-0.15, -0.1) is 6.58 Å². The zero-order chi connectivity index (χ0) is 17.2. The quantitative estimate of drug-likeness (QED) is 0.340. The van der Waals surface area contributed by atoms with Crippen LogP contribution in [0, 0.1) is 0 Å². The molecule has 2 aromatic rings. The topological polar surface area (TPSA) is 45.7 Å². The van der Waals surface area contributed by atoms with E-state index in [1.54, 1.807) is 12.3 Å². The van der Waals surface area contributed by atoms with Gasteiger partial charge in [0.25, 0.3) is 0 Å². The van der Waals surface area contributed by atoms with Crippen LogP contribution in [-0.4, -0.2) is 17.9 Å². The largest absolute Gasteiger partial charge is 0.489 e. The molecule has 4 nitrogen and oxygen atoms in total. The Labute approximate surface area is 152 Å². The molecule has 0 radical (unpaired) electrons. The fourth-order valence-electron chi connectivity index (χ4n) is 1.77. The van der Waals surface area contributed by atoms with Crippen LogP contribution in [0.4, 0.5) is 0 Å². The number of rotatable bonds is 7. The van der Waals surface area contributed by atoms with Gasteiger partial charge in [0.15, 0.2) is 5.11 Å². The van der Waals surface area contributed by atoms with Crippen molar-refractivity contribution in [3.8, 4) is 5.75 Å². The summed E-state index contributed by atoms with van der Waals surface area (Å²) in [5.41, 5.74) is 4.73. The van der Waals surface area contributed by atoms with Crippen molar-refractivity contribution in [1.82, 2.24) is 10.7 Å². The Kier molecular flexibility index (Phi) is 7.26. The van der Waals surface area contributed by atoms with Crippen LogP contribution in [0.15, 0.2) is 66.3 Å². The third-order valence-corrected chi connectivity index (χ3v) is 3.47. The van der Waals surface area contributed by atoms with Crippen LogP contribution in [0.25, 0.3) is 0 Å². The van der Waals surface area contributed by atoms with Gasteiger partial charge >= 0.3 is 0 Å².